The lowest BCUT2D eigenvalue weighted by Crippen LogP contribution is -2.48. The van der Waals surface area contributed by atoms with Crippen molar-refractivity contribution in [2.45, 2.75) is 38.9 Å². The zero-order valence-electron chi connectivity index (χ0n) is 11.7. The van der Waals surface area contributed by atoms with E-state index in [2.05, 4.69) is 34.0 Å². The first-order valence-electron chi connectivity index (χ1n) is 7.23. The number of anilines is 2. The van der Waals surface area contributed by atoms with Gasteiger partial charge in [-0.15, -0.1) is 0 Å². The van der Waals surface area contributed by atoms with Gasteiger partial charge in [-0.25, -0.2) is 9.97 Å². The minimum Gasteiger partial charge on any atom is -0.371 e. The molecule has 1 saturated carbocycles. The van der Waals surface area contributed by atoms with Crippen LogP contribution in [0.15, 0.2) is 12.4 Å². The lowest BCUT2D eigenvalue weighted by atomic mass is 10.1. The van der Waals surface area contributed by atoms with E-state index in [1.807, 2.05) is 0 Å². The van der Waals surface area contributed by atoms with Crippen LogP contribution in [0, 0.1) is 5.92 Å². The molecule has 2 unspecified atom stereocenters. The molecule has 2 heterocycles. The van der Waals surface area contributed by atoms with E-state index in [9.17, 15) is 0 Å². The molecular weight excluding hydrogens is 240 g/mol. The van der Waals surface area contributed by atoms with E-state index in [4.69, 9.17) is 4.74 Å². The van der Waals surface area contributed by atoms with Crippen molar-refractivity contribution in [3.05, 3.63) is 12.4 Å². The van der Waals surface area contributed by atoms with E-state index in [1.54, 1.807) is 12.4 Å². The van der Waals surface area contributed by atoms with Gasteiger partial charge in [0.1, 0.15) is 0 Å². The molecule has 2 atom stereocenters. The van der Waals surface area contributed by atoms with Gasteiger partial charge < -0.3 is 15.0 Å². The molecule has 2 aliphatic rings. The summed E-state index contributed by atoms with van der Waals surface area (Å²) in [4.78, 5) is 11.2. The molecule has 0 aromatic carbocycles. The molecule has 1 aromatic rings. The predicted molar refractivity (Wildman–Crippen MR) is 75.5 cm³/mol. The molecule has 5 heteroatoms. The summed E-state index contributed by atoms with van der Waals surface area (Å²) in [6, 6.07) is 0. The second kappa shape index (κ2) is 5.33. The van der Waals surface area contributed by atoms with Gasteiger partial charge in [0.25, 0.3) is 0 Å². The first-order valence-corrected chi connectivity index (χ1v) is 7.23. The zero-order chi connectivity index (χ0) is 13.2. The highest BCUT2D eigenvalue weighted by Gasteiger charge is 2.38. The number of nitrogens with zero attached hydrogens (tertiary/aromatic N) is 3. The van der Waals surface area contributed by atoms with Gasteiger partial charge in [-0.2, -0.15) is 0 Å². The third-order valence-corrected chi connectivity index (χ3v) is 3.76. The Morgan fingerprint density at radius 2 is 2.11 bits per heavy atom. The quantitative estimate of drug-likeness (QED) is 0.898. The normalized spacial score (nSPS) is 27.4. The Morgan fingerprint density at radius 3 is 2.84 bits per heavy atom. The predicted octanol–water partition coefficient (Wildman–Crippen LogP) is 1.91. The topological polar surface area (TPSA) is 50.3 Å². The molecule has 3 rings (SSSR count). The van der Waals surface area contributed by atoms with Crippen LogP contribution in [0.5, 0.6) is 0 Å². The average Bonchev–Trinajstić information content (AvgIpc) is 3.23. The van der Waals surface area contributed by atoms with Gasteiger partial charge >= 0.3 is 0 Å². The Bertz CT molecular complexity index is 435. The Kier molecular flexibility index (Phi) is 3.55. The Morgan fingerprint density at radius 1 is 1.32 bits per heavy atom. The number of hydrogen-bond donors (Lipinski definition) is 1. The molecule has 0 amide bonds. The molecule has 1 aliphatic heterocycles. The van der Waals surface area contributed by atoms with Crippen molar-refractivity contribution in [3.63, 3.8) is 0 Å². The largest absolute Gasteiger partial charge is 0.371 e. The fraction of sp³-hybridized carbons (Fsp3) is 0.714. The number of morpholine rings is 1. The molecule has 5 nitrogen and oxygen atoms in total. The third kappa shape index (κ3) is 2.81. The number of ether oxygens (including phenoxy) is 1. The Labute approximate surface area is 114 Å². The number of rotatable bonds is 4. The first-order chi connectivity index (χ1) is 9.28. The van der Waals surface area contributed by atoms with Gasteiger partial charge in [0, 0.05) is 32.0 Å². The average molecular weight is 262 g/mol. The lowest BCUT2D eigenvalue weighted by molar-refractivity contribution is -0.0273. The highest BCUT2D eigenvalue weighted by Crippen LogP contribution is 2.37. The van der Waals surface area contributed by atoms with Crippen LogP contribution in [0.2, 0.25) is 0 Å². The second-order valence-corrected chi connectivity index (χ2v) is 5.49. The van der Waals surface area contributed by atoms with Gasteiger partial charge in [0.05, 0.1) is 12.2 Å². The van der Waals surface area contributed by atoms with Crippen LogP contribution in [0.4, 0.5) is 11.6 Å². The third-order valence-electron chi connectivity index (χ3n) is 3.76. The second-order valence-electron chi connectivity index (χ2n) is 5.49. The SMILES string of the molecule is CCNc1nccnc1N1CC(C)OC(C2CC2)C1. The molecule has 1 aromatic heterocycles. The van der Waals surface area contributed by atoms with E-state index in [-0.39, 0.29) is 6.10 Å². The van der Waals surface area contributed by atoms with E-state index >= 15 is 0 Å². The van der Waals surface area contributed by atoms with Crippen molar-refractivity contribution in [3.8, 4) is 0 Å². The van der Waals surface area contributed by atoms with Crippen LogP contribution in [0.1, 0.15) is 26.7 Å². The molecule has 0 radical (unpaired) electrons. The smallest absolute Gasteiger partial charge is 0.171 e. The summed E-state index contributed by atoms with van der Waals surface area (Å²) in [5, 5.41) is 3.29. The van der Waals surface area contributed by atoms with E-state index in [1.165, 1.54) is 12.8 Å². The molecule has 2 fully saturated rings. The van der Waals surface area contributed by atoms with Crippen LogP contribution in [0.3, 0.4) is 0 Å². The summed E-state index contributed by atoms with van der Waals surface area (Å²) in [5.41, 5.74) is 0. The summed E-state index contributed by atoms with van der Waals surface area (Å²) in [7, 11) is 0. The lowest BCUT2D eigenvalue weighted by Gasteiger charge is -2.38. The van der Waals surface area contributed by atoms with Crippen molar-refractivity contribution in [1.82, 2.24) is 9.97 Å². The van der Waals surface area contributed by atoms with Gasteiger partial charge in [0.2, 0.25) is 0 Å². The highest BCUT2D eigenvalue weighted by molar-refractivity contribution is 5.60. The molecular formula is C14H22N4O. The van der Waals surface area contributed by atoms with Crippen molar-refractivity contribution in [2.24, 2.45) is 5.92 Å². The number of hydrogen-bond acceptors (Lipinski definition) is 5. The molecule has 1 saturated heterocycles. The maximum absolute atomic E-state index is 6.05. The van der Waals surface area contributed by atoms with Gasteiger partial charge in [-0.1, -0.05) is 0 Å². The van der Waals surface area contributed by atoms with E-state index in [0.717, 1.165) is 37.2 Å². The van der Waals surface area contributed by atoms with Gasteiger partial charge in [-0.05, 0) is 32.6 Å². The monoisotopic (exact) mass is 262 g/mol. The summed E-state index contributed by atoms with van der Waals surface area (Å²) in [6.45, 7) is 6.91. The van der Waals surface area contributed by atoms with Crippen LogP contribution in [-0.4, -0.2) is 41.8 Å². The van der Waals surface area contributed by atoms with Crippen LogP contribution < -0.4 is 10.2 Å². The minimum atomic E-state index is 0.260. The maximum Gasteiger partial charge on any atom is 0.171 e. The standard InChI is InChI=1S/C14H22N4O/c1-3-15-13-14(17-7-6-16-13)18-8-10(2)19-12(9-18)11-4-5-11/h6-7,10-12H,3-5,8-9H2,1-2H3,(H,15,16). The molecule has 104 valence electrons. The highest BCUT2D eigenvalue weighted by atomic mass is 16.5. The fourth-order valence-electron chi connectivity index (χ4n) is 2.74. The first kappa shape index (κ1) is 12.7. The van der Waals surface area contributed by atoms with Crippen molar-refractivity contribution in [1.29, 1.82) is 0 Å². The summed E-state index contributed by atoms with van der Waals surface area (Å²) >= 11 is 0. The minimum absolute atomic E-state index is 0.260. The molecule has 0 bridgehead atoms. The fourth-order valence-corrected chi connectivity index (χ4v) is 2.74. The van der Waals surface area contributed by atoms with Crippen LogP contribution >= 0.6 is 0 Å². The van der Waals surface area contributed by atoms with Gasteiger partial charge in [0.15, 0.2) is 11.6 Å². The summed E-state index contributed by atoms with van der Waals surface area (Å²) < 4.78 is 6.05. The molecule has 19 heavy (non-hydrogen) atoms. The Balaban J connectivity index is 1.79. The van der Waals surface area contributed by atoms with E-state index in [0.29, 0.717) is 6.10 Å². The van der Waals surface area contributed by atoms with E-state index < -0.39 is 0 Å². The summed E-state index contributed by atoms with van der Waals surface area (Å²) in [5.74, 6) is 2.60. The van der Waals surface area contributed by atoms with Gasteiger partial charge in [-0.3, -0.25) is 0 Å². The molecule has 1 N–H and O–H groups in total. The molecule has 0 spiro atoms. The summed E-state index contributed by atoms with van der Waals surface area (Å²) in [6.07, 6.45) is 6.75. The number of aromatic nitrogens is 2. The Hall–Kier alpha value is -1.36. The van der Waals surface area contributed by atoms with Crippen molar-refractivity contribution in [2.75, 3.05) is 29.9 Å². The maximum atomic E-state index is 6.05. The van der Waals surface area contributed by atoms with Crippen LogP contribution in [-0.2, 0) is 4.74 Å². The van der Waals surface area contributed by atoms with Crippen molar-refractivity contribution < 1.29 is 4.74 Å². The molecule has 1 aliphatic carbocycles. The van der Waals surface area contributed by atoms with Crippen molar-refractivity contribution >= 4 is 11.6 Å². The van der Waals surface area contributed by atoms with Crippen LogP contribution in [0.25, 0.3) is 0 Å². The number of nitrogens with one attached hydrogen (secondary N) is 1. The zero-order valence-corrected chi connectivity index (χ0v) is 11.7.